The topological polar surface area (TPSA) is 91.8 Å². The standard InChI is InChI=1S/C35H42Cl2N4O5S/c1-24(2)46-31-23-29(45-5)15-16-30(31)32-38-34(3,25-7-11-27(36)12-8-25)35(4,26-9-13-28(37)14-10-26)41(32)33(42)40-19-17-39(18-20-40)21-22-47(6,43)44/h7-16,23-24H,17-22H2,1-6H3. The minimum atomic E-state index is -3.10. The van der Waals surface area contributed by atoms with Crippen molar-refractivity contribution in [2.24, 2.45) is 4.99 Å². The van der Waals surface area contributed by atoms with E-state index in [4.69, 9.17) is 37.7 Å². The molecule has 252 valence electrons. The second kappa shape index (κ2) is 13.7. The molecule has 2 aliphatic heterocycles. The lowest BCUT2D eigenvalue weighted by molar-refractivity contribution is 0.0880. The fraction of sp³-hybridized carbons (Fsp3) is 0.429. The third-order valence-electron chi connectivity index (χ3n) is 9.15. The number of carbonyl (C=O) groups is 1. The molecule has 1 fully saturated rings. The van der Waals surface area contributed by atoms with Gasteiger partial charge in [0, 0.05) is 55.1 Å². The Labute approximate surface area is 288 Å². The van der Waals surface area contributed by atoms with Crippen LogP contribution >= 0.6 is 23.2 Å². The van der Waals surface area contributed by atoms with E-state index in [0.717, 1.165) is 11.1 Å². The van der Waals surface area contributed by atoms with Crippen LogP contribution in [0.15, 0.2) is 71.7 Å². The number of aliphatic imine (C=N–C) groups is 1. The van der Waals surface area contributed by atoms with E-state index in [0.29, 0.717) is 65.7 Å². The molecular formula is C35H42Cl2N4O5S. The van der Waals surface area contributed by atoms with Crippen LogP contribution in [0, 0.1) is 0 Å². The number of sulfone groups is 1. The summed E-state index contributed by atoms with van der Waals surface area (Å²) in [5, 5.41) is 1.17. The van der Waals surface area contributed by atoms with Crippen LogP contribution in [0.3, 0.4) is 0 Å². The molecular weight excluding hydrogens is 659 g/mol. The molecule has 0 N–H and O–H groups in total. The van der Waals surface area contributed by atoms with Gasteiger partial charge in [0.05, 0.1) is 24.5 Å². The van der Waals surface area contributed by atoms with Gasteiger partial charge < -0.3 is 14.4 Å². The zero-order chi connectivity index (χ0) is 34.1. The minimum absolute atomic E-state index is 0.0774. The molecule has 0 aliphatic carbocycles. The Balaban J connectivity index is 1.68. The summed E-state index contributed by atoms with van der Waals surface area (Å²) >= 11 is 12.7. The number of amides is 2. The van der Waals surface area contributed by atoms with Crippen LogP contribution in [-0.2, 0) is 20.9 Å². The highest BCUT2D eigenvalue weighted by molar-refractivity contribution is 7.90. The average Bonchev–Trinajstić information content (AvgIpc) is 3.27. The molecule has 0 spiro atoms. The number of ether oxygens (including phenoxy) is 2. The zero-order valence-electron chi connectivity index (χ0n) is 27.7. The van der Waals surface area contributed by atoms with Gasteiger partial charge in [-0.1, -0.05) is 47.5 Å². The van der Waals surface area contributed by atoms with Crippen molar-refractivity contribution < 1.29 is 22.7 Å². The molecule has 0 radical (unpaired) electrons. The van der Waals surface area contributed by atoms with Crippen LogP contribution < -0.4 is 9.47 Å². The lowest BCUT2D eigenvalue weighted by Gasteiger charge is -2.47. The van der Waals surface area contributed by atoms with E-state index >= 15 is 4.79 Å². The van der Waals surface area contributed by atoms with E-state index < -0.39 is 20.9 Å². The predicted molar refractivity (Wildman–Crippen MR) is 188 cm³/mol. The third-order valence-corrected chi connectivity index (χ3v) is 10.6. The summed E-state index contributed by atoms with van der Waals surface area (Å²) in [6.07, 6.45) is 1.09. The van der Waals surface area contributed by atoms with E-state index in [9.17, 15) is 8.42 Å². The number of halogens is 2. The Hall–Kier alpha value is -3.31. The highest BCUT2D eigenvalue weighted by Gasteiger charge is 2.60. The smallest absolute Gasteiger partial charge is 0.326 e. The van der Waals surface area contributed by atoms with Gasteiger partial charge in [0.2, 0.25) is 0 Å². The van der Waals surface area contributed by atoms with Crippen LogP contribution in [-0.4, -0.2) is 92.9 Å². The summed E-state index contributed by atoms with van der Waals surface area (Å²) in [6.45, 7) is 10.4. The lowest BCUT2D eigenvalue weighted by atomic mass is 9.71. The summed E-state index contributed by atoms with van der Waals surface area (Å²) in [5.74, 6) is 1.70. The first-order valence-corrected chi connectivity index (χ1v) is 18.4. The van der Waals surface area contributed by atoms with Crippen LogP contribution in [0.4, 0.5) is 4.79 Å². The number of methoxy groups -OCH3 is 1. The molecule has 2 heterocycles. The predicted octanol–water partition coefficient (Wildman–Crippen LogP) is 6.46. The Morgan fingerprint density at radius 1 is 0.915 bits per heavy atom. The quantitative estimate of drug-likeness (QED) is 0.254. The van der Waals surface area contributed by atoms with Crippen LogP contribution in [0.5, 0.6) is 11.5 Å². The number of hydrogen-bond acceptors (Lipinski definition) is 7. The Kier molecular flexibility index (Phi) is 10.2. The molecule has 2 atom stereocenters. The molecule has 1 saturated heterocycles. The SMILES string of the molecule is COc1ccc(C2=NC(C)(c3ccc(Cl)cc3)C(C)(c3ccc(Cl)cc3)N2C(=O)N2CCN(CCS(C)(=O)=O)CC2)c(OC(C)C)c1. The highest BCUT2D eigenvalue weighted by atomic mass is 35.5. The first-order chi connectivity index (χ1) is 22.2. The molecule has 2 aliphatic rings. The highest BCUT2D eigenvalue weighted by Crippen LogP contribution is 2.54. The first kappa shape index (κ1) is 35.0. The number of urea groups is 1. The second-order valence-corrected chi connectivity index (χ2v) is 15.8. The van der Waals surface area contributed by atoms with Gasteiger partial charge in [-0.25, -0.2) is 13.2 Å². The van der Waals surface area contributed by atoms with Gasteiger partial charge in [-0.15, -0.1) is 0 Å². The molecule has 5 rings (SSSR count). The summed E-state index contributed by atoms with van der Waals surface area (Å²) in [6, 6.07) is 20.4. The van der Waals surface area contributed by atoms with Gasteiger partial charge in [-0.3, -0.25) is 14.8 Å². The Morgan fingerprint density at radius 3 is 2.02 bits per heavy atom. The molecule has 2 unspecified atom stereocenters. The third kappa shape index (κ3) is 7.11. The number of benzene rings is 3. The van der Waals surface area contributed by atoms with Crippen molar-refractivity contribution in [2.45, 2.75) is 44.9 Å². The molecule has 3 aromatic rings. The maximum atomic E-state index is 15.0. The largest absolute Gasteiger partial charge is 0.497 e. The van der Waals surface area contributed by atoms with E-state index in [2.05, 4.69) is 4.90 Å². The van der Waals surface area contributed by atoms with Crippen LogP contribution in [0.2, 0.25) is 10.0 Å². The van der Waals surface area contributed by atoms with Crippen molar-refractivity contribution in [1.29, 1.82) is 0 Å². The van der Waals surface area contributed by atoms with Gasteiger partial charge >= 0.3 is 6.03 Å². The maximum absolute atomic E-state index is 15.0. The van der Waals surface area contributed by atoms with Crippen molar-refractivity contribution in [1.82, 2.24) is 14.7 Å². The molecule has 47 heavy (non-hydrogen) atoms. The summed E-state index contributed by atoms with van der Waals surface area (Å²) in [5.41, 5.74) is 0.344. The van der Waals surface area contributed by atoms with E-state index in [-0.39, 0.29) is 17.9 Å². The summed E-state index contributed by atoms with van der Waals surface area (Å²) < 4.78 is 35.5. The molecule has 0 aromatic heterocycles. The molecule has 0 bridgehead atoms. The number of carbonyl (C=O) groups excluding carboxylic acids is 1. The number of rotatable bonds is 9. The maximum Gasteiger partial charge on any atom is 0.326 e. The first-order valence-electron chi connectivity index (χ1n) is 15.6. The minimum Gasteiger partial charge on any atom is -0.497 e. The van der Waals surface area contributed by atoms with Gasteiger partial charge in [-0.05, 0) is 75.2 Å². The normalized spacial score (nSPS) is 22.0. The van der Waals surface area contributed by atoms with E-state index in [1.807, 2.05) is 99.3 Å². The lowest BCUT2D eigenvalue weighted by Crippen LogP contribution is -2.60. The number of amidine groups is 1. The molecule has 0 saturated carbocycles. The monoisotopic (exact) mass is 700 g/mol. The van der Waals surface area contributed by atoms with Gasteiger partial charge in [0.15, 0.2) is 0 Å². The average molecular weight is 702 g/mol. The van der Waals surface area contributed by atoms with Crippen LogP contribution in [0.1, 0.15) is 44.4 Å². The fourth-order valence-corrected chi connectivity index (χ4v) is 7.17. The van der Waals surface area contributed by atoms with Gasteiger partial charge in [0.25, 0.3) is 0 Å². The second-order valence-electron chi connectivity index (χ2n) is 12.7. The Morgan fingerprint density at radius 2 is 1.49 bits per heavy atom. The molecule has 9 nitrogen and oxygen atoms in total. The molecule has 12 heteroatoms. The number of hydrogen-bond donors (Lipinski definition) is 0. The summed E-state index contributed by atoms with van der Waals surface area (Å²) in [4.78, 5) is 26.2. The van der Waals surface area contributed by atoms with Gasteiger partial charge in [-0.2, -0.15) is 0 Å². The zero-order valence-corrected chi connectivity index (χ0v) is 30.0. The van der Waals surface area contributed by atoms with Crippen molar-refractivity contribution in [3.05, 3.63) is 93.5 Å². The molecule has 3 aromatic carbocycles. The Bertz CT molecular complexity index is 1740. The number of nitrogens with zero attached hydrogens (tertiary/aromatic N) is 4. The van der Waals surface area contributed by atoms with Crippen molar-refractivity contribution in [3.8, 4) is 11.5 Å². The van der Waals surface area contributed by atoms with Crippen molar-refractivity contribution >= 4 is 44.9 Å². The van der Waals surface area contributed by atoms with Crippen molar-refractivity contribution in [3.63, 3.8) is 0 Å². The van der Waals surface area contributed by atoms with E-state index in [1.165, 1.54) is 6.26 Å². The summed E-state index contributed by atoms with van der Waals surface area (Å²) in [7, 11) is -1.50. The van der Waals surface area contributed by atoms with Crippen molar-refractivity contribution in [2.75, 3.05) is 51.8 Å². The van der Waals surface area contributed by atoms with Crippen LogP contribution in [0.25, 0.3) is 0 Å². The fourth-order valence-electron chi connectivity index (χ4n) is 6.33. The number of piperazine rings is 1. The van der Waals surface area contributed by atoms with E-state index in [1.54, 1.807) is 12.0 Å². The molecule has 2 amide bonds. The van der Waals surface area contributed by atoms with Gasteiger partial charge in [0.1, 0.15) is 38.2 Å².